The number of amides is 2. The number of rotatable bonds is 5. The Hall–Kier alpha value is -2.48. The molecule has 0 aliphatic rings. The summed E-state index contributed by atoms with van der Waals surface area (Å²) in [5.74, 6) is 1.56. The minimum atomic E-state index is -0.933. The van der Waals surface area contributed by atoms with Crippen molar-refractivity contribution in [2.75, 3.05) is 11.9 Å². The summed E-state index contributed by atoms with van der Waals surface area (Å²) in [6, 6.07) is 6.50. The van der Waals surface area contributed by atoms with Gasteiger partial charge in [-0.15, -0.1) is 6.42 Å². The highest BCUT2D eigenvalue weighted by molar-refractivity contribution is 5.90. The van der Waals surface area contributed by atoms with E-state index in [-0.39, 0.29) is 25.0 Å². The van der Waals surface area contributed by atoms with E-state index >= 15 is 0 Å². The first-order valence-corrected chi connectivity index (χ1v) is 6.30. The molecule has 0 bridgehead atoms. The third-order valence-corrected chi connectivity index (χ3v) is 2.73. The minimum Gasteiger partial charge on any atom is -0.481 e. The van der Waals surface area contributed by atoms with Crippen LogP contribution in [-0.4, -0.2) is 34.6 Å². The van der Waals surface area contributed by atoms with E-state index in [1.807, 2.05) is 13.8 Å². The molecule has 5 nitrogen and oxygen atoms in total. The number of carboxylic acids is 1. The van der Waals surface area contributed by atoms with Crippen LogP contribution in [0.25, 0.3) is 0 Å². The Morgan fingerprint density at radius 3 is 2.70 bits per heavy atom. The molecular weight excluding hydrogens is 256 g/mol. The molecule has 1 aromatic rings. The van der Waals surface area contributed by atoms with Crippen molar-refractivity contribution in [3.05, 3.63) is 29.8 Å². The monoisotopic (exact) mass is 274 g/mol. The maximum absolute atomic E-state index is 12.1. The van der Waals surface area contributed by atoms with Gasteiger partial charge in [0, 0.05) is 23.8 Å². The van der Waals surface area contributed by atoms with Crippen LogP contribution in [0.3, 0.4) is 0 Å². The van der Waals surface area contributed by atoms with Crippen LogP contribution >= 0.6 is 0 Å². The van der Waals surface area contributed by atoms with E-state index in [1.165, 1.54) is 4.90 Å². The van der Waals surface area contributed by atoms with Crippen LogP contribution in [0.15, 0.2) is 24.3 Å². The second kappa shape index (κ2) is 7.19. The summed E-state index contributed by atoms with van der Waals surface area (Å²) >= 11 is 0. The molecule has 0 heterocycles. The third-order valence-electron chi connectivity index (χ3n) is 2.73. The van der Waals surface area contributed by atoms with E-state index in [9.17, 15) is 9.59 Å². The van der Waals surface area contributed by atoms with Gasteiger partial charge in [-0.2, -0.15) is 0 Å². The Bertz CT molecular complexity index is 532. The number of terminal acetylenes is 1. The maximum Gasteiger partial charge on any atom is 0.322 e. The number of anilines is 1. The lowest BCUT2D eigenvalue weighted by molar-refractivity contribution is -0.137. The van der Waals surface area contributed by atoms with Crippen LogP contribution in [0, 0.1) is 12.3 Å². The number of nitrogens with one attached hydrogen (secondary N) is 1. The Labute approximate surface area is 118 Å². The summed E-state index contributed by atoms with van der Waals surface area (Å²) in [4.78, 5) is 24.2. The standard InChI is InChI=1S/C15H18N2O3/c1-4-12-6-5-7-13(10-12)16-15(20)17(11(2)3)9-8-14(18)19/h1,5-7,10-11H,8-9H2,2-3H3,(H,16,20)(H,18,19). The quantitative estimate of drug-likeness (QED) is 0.810. The summed E-state index contributed by atoms with van der Waals surface area (Å²) in [6.07, 6.45) is 5.21. The van der Waals surface area contributed by atoms with E-state index in [4.69, 9.17) is 11.5 Å². The van der Waals surface area contributed by atoms with Crippen LogP contribution in [0.5, 0.6) is 0 Å². The molecule has 0 aliphatic heterocycles. The zero-order valence-corrected chi connectivity index (χ0v) is 11.6. The number of hydrogen-bond donors (Lipinski definition) is 2. The molecular formula is C15H18N2O3. The Balaban J connectivity index is 2.75. The van der Waals surface area contributed by atoms with Crippen molar-refractivity contribution < 1.29 is 14.7 Å². The highest BCUT2D eigenvalue weighted by Crippen LogP contribution is 2.12. The largest absolute Gasteiger partial charge is 0.481 e. The fourth-order valence-electron chi connectivity index (χ4n) is 1.69. The van der Waals surface area contributed by atoms with Crippen LogP contribution in [0.1, 0.15) is 25.8 Å². The van der Waals surface area contributed by atoms with Crippen molar-refractivity contribution in [1.29, 1.82) is 0 Å². The summed E-state index contributed by atoms with van der Waals surface area (Å²) in [7, 11) is 0. The molecule has 0 aliphatic carbocycles. The van der Waals surface area contributed by atoms with Gasteiger partial charge in [0.2, 0.25) is 0 Å². The number of nitrogens with zero attached hydrogens (tertiary/aromatic N) is 1. The number of carbonyl (C=O) groups excluding carboxylic acids is 1. The first kappa shape index (κ1) is 15.6. The molecule has 106 valence electrons. The summed E-state index contributed by atoms with van der Waals surface area (Å²) in [5, 5.41) is 11.4. The van der Waals surface area contributed by atoms with Crippen molar-refractivity contribution in [1.82, 2.24) is 4.90 Å². The van der Waals surface area contributed by atoms with Crippen molar-refractivity contribution in [3.63, 3.8) is 0 Å². The van der Waals surface area contributed by atoms with Gasteiger partial charge in [-0.1, -0.05) is 12.0 Å². The molecule has 0 saturated heterocycles. The Kier molecular flexibility index (Phi) is 5.60. The lowest BCUT2D eigenvalue weighted by Crippen LogP contribution is -2.41. The number of hydrogen-bond acceptors (Lipinski definition) is 2. The summed E-state index contributed by atoms with van der Waals surface area (Å²) < 4.78 is 0. The number of carbonyl (C=O) groups is 2. The molecule has 2 N–H and O–H groups in total. The summed E-state index contributed by atoms with van der Waals surface area (Å²) in [5.41, 5.74) is 1.26. The van der Waals surface area contributed by atoms with Crippen LogP contribution in [0.2, 0.25) is 0 Å². The Morgan fingerprint density at radius 2 is 2.15 bits per heavy atom. The molecule has 0 unspecified atom stereocenters. The molecule has 20 heavy (non-hydrogen) atoms. The topological polar surface area (TPSA) is 69.6 Å². The lowest BCUT2D eigenvalue weighted by atomic mass is 10.2. The van der Waals surface area contributed by atoms with Crippen molar-refractivity contribution >= 4 is 17.7 Å². The van der Waals surface area contributed by atoms with Crippen LogP contribution in [-0.2, 0) is 4.79 Å². The molecule has 0 radical (unpaired) electrons. The first-order chi connectivity index (χ1) is 9.43. The van der Waals surface area contributed by atoms with Crippen LogP contribution < -0.4 is 5.32 Å². The number of carboxylic acid groups (broad SMARTS) is 1. The van der Waals surface area contributed by atoms with E-state index < -0.39 is 5.97 Å². The minimum absolute atomic E-state index is 0.0873. The van der Waals surface area contributed by atoms with Gasteiger partial charge in [0.1, 0.15) is 0 Å². The van der Waals surface area contributed by atoms with Gasteiger partial charge in [0.25, 0.3) is 0 Å². The third kappa shape index (κ3) is 4.65. The van der Waals surface area contributed by atoms with Gasteiger partial charge in [-0.05, 0) is 32.0 Å². The van der Waals surface area contributed by atoms with Crippen LogP contribution in [0.4, 0.5) is 10.5 Å². The van der Waals surface area contributed by atoms with Gasteiger partial charge in [-0.3, -0.25) is 4.79 Å². The second-order valence-corrected chi connectivity index (χ2v) is 4.59. The van der Waals surface area contributed by atoms with E-state index in [2.05, 4.69) is 11.2 Å². The van der Waals surface area contributed by atoms with Gasteiger partial charge >= 0.3 is 12.0 Å². The number of benzene rings is 1. The highest BCUT2D eigenvalue weighted by Gasteiger charge is 2.17. The number of aliphatic carboxylic acids is 1. The Morgan fingerprint density at radius 1 is 1.45 bits per heavy atom. The predicted molar refractivity (Wildman–Crippen MR) is 77.5 cm³/mol. The molecule has 1 rings (SSSR count). The zero-order valence-electron chi connectivity index (χ0n) is 11.6. The maximum atomic E-state index is 12.1. The average Bonchev–Trinajstić information content (AvgIpc) is 2.38. The normalized spacial score (nSPS) is 9.90. The number of urea groups is 1. The molecule has 2 amide bonds. The second-order valence-electron chi connectivity index (χ2n) is 4.59. The zero-order chi connectivity index (χ0) is 15.1. The fourth-order valence-corrected chi connectivity index (χ4v) is 1.69. The smallest absolute Gasteiger partial charge is 0.322 e. The van der Waals surface area contributed by atoms with E-state index in [0.717, 1.165) is 0 Å². The molecule has 0 saturated carbocycles. The van der Waals surface area contributed by atoms with Gasteiger partial charge < -0.3 is 15.3 Å². The van der Waals surface area contributed by atoms with Gasteiger partial charge in [0.05, 0.1) is 6.42 Å². The average molecular weight is 274 g/mol. The van der Waals surface area contributed by atoms with Gasteiger partial charge in [-0.25, -0.2) is 4.79 Å². The molecule has 0 spiro atoms. The van der Waals surface area contributed by atoms with Crippen molar-refractivity contribution in [3.8, 4) is 12.3 Å². The molecule has 1 aromatic carbocycles. The molecule has 5 heteroatoms. The molecule has 0 atom stereocenters. The fraction of sp³-hybridized carbons (Fsp3) is 0.333. The van der Waals surface area contributed by atoms with Crippen molar-refractivity contribution in [2.24, 2.45) is 0 Å². The summed E-state index contributed by atoms with van der Waals surface area (Å²) in [6.45, 7) is 3.83. The van der Waals surface area contributed by atoms with E-state index in [0.29, 0.717) is 11.3 Å². The van der Waals surface area contributed by atoms with Gasteiger partial charge in [0.15, 0.2) is 0 Å². The van der Waals surface area contributed by atoms with Crippen molar-refractivity contribution in [2.45, 2.75) is 26.3 Å². The van der Waals surface area contributed by atoms with E-state index in [1.54, 1.807) is 24.3 Å². The SMILES string of the molecule is C#Cc1cccc(NC(=O)N(CCC(=O)O)C(C)C)c1. The first-order valence-electron chi connectivity index (χ1n) is 6.30. The molecule has 0 aromatic heterocycles. The lowest BCUT2D eigenvalue weighted by Gasteiger charge is -2.26. The molecule has 0 fully saturated rings. The highest BCUT2D eigenvalue weighted by atomic mass is 16.4. The predicted octanol–water partition coefficient (Wildman–Crippen LogP) is 2.38.